The van der Waals surface area contributed by atoms with Gasteiger partial charge in [0.1, 0.15) is 5.82 Å². The van der Waals surface area contributed by atoms with E-state index in [4.69, 9.17) is 0 Å². The number of carboxylic acid groups (broad SMARTS) is 1. The van der Waals surface area contributed by atoms with Gasteiger partial charge in [0.2, 0.25) is 5.91 Å². The lowest BCUT2D eigenvalue weighted by molar-refractivity contribution is -0.120. The Morgan fingerprint density at radius 2 is 1.69 bits per heavy atom. The number of carboxylic acids is 1. The van der Waals surface area contributed by atoms with Gasteiger partial charge in [-0.25, -0.2) is 9.59 Å². The van der Waals surface area contributed by atoms with Crippen LogP contribution in [0.15, 0.2) is 42.5 Å². The molecule has 1 fully saturated rings. The van der Waals surface area contributed by atoms with Crippen molar-refractivity contribution in [2.75, 3.05) is 22.1 Å². The fourth-order valence-electron chi connectivity index (χ4n) is 5.09. The number of hydrogen-bond acceptors (Lipinski definition) is 4. The summed E-state index contributed by atoms with van der Waals surface area (Å²) < 4.78 is 1.66. The lowest BCUT2D eigenvalue weighted by Gasteiger charge is -2.34. The first-order valence-corrected chi connectivity index (χ1v) is 13.2. The largest absolute Gasteiger partial charge is 0.478 e. The summed E-state index contributed by atoms with van der Waals surface area (Å²) in [7, 11) is 1.80. The van der Waals surface area contributed by atoms with Crippen LogP contribution in [0.4, 0.5) is 22.0 Å². The van der Waals surface area contributed by atoms with E-state index in [0.717, 1.165) is 40.9 Å². The highest BCUT2D eigenvalue weighted by Crippen LogP contribution is 2.32. The molecule has 2 aromatic carbocycles. The minimum absolute atomic E-state index is 0.0640. The third-order valence-corrected chi connectivity index (χ3v) is 7.14. The van der Waals surface area contributed by atoms with Crippen LogP contribution >= 0.6 is 0 Å². The van der Waals surface area contributed by atoms with E-state index in [1.807, 2.05) is 49.1 Å². The number of anilines is 3. The quantitative estimate of drug-likeness (QED) is 0.379. The Morgan fingerprint density at radius 3 is 2.26 bits per heavy atom. The molecule has 1 saturated heterocycles. The van der Waals surface area contributed by atoms with Crippen LogP contribution in [0.5, 0.6) is 0 Å². The monoisotopic (exact) mass is 531 g/mol. The Labute approximate surface area is 229 Å². The van der Waals surface area contributed by atoms with Crippen molar-refractivity contribution in [2.45, 2.75) is 59.3 Å². The van der Waals surface area contributed by atoms with Crippen molar-refractivity contribution < 1.29 is 19.5 Å². The van der Waals surface area contributed by atoms with Gasteiger partial charge < -0.3 is 15.3 Å². The van der Waals surface area contributed by atoms with Crippen LogP contribution in [0.3, 0.4) is 0 Å². The Balaban J connectivity index is 1.38. The van der Waals surface area contributed by atoms with Crippen LogP contribution < -0.4 is 15.5 Å². The number of aromatic carboxylic acids is 1. The fourth-order valence-corrected chi connectivity index (χ4v) is 5.09. The highest BCUT2D eigenvalue weighted by Gasteiger charge is 2.29. The zero-order chi connectivity index (χ0) is 28.5. The molecule has 1 atom stereocenters. The predicted molar refractivity (Wildman–Crippen MR) is 153 cm³/mol. The highest BCUT2D eigenvalue weighted by atomic mass is 16.4. The topological polar surface area (TPSA) is 117 Å². The second kappa shape index (κ2) is 10.9. The average molecular weight is 532 g/mol. The Bertz CT molecular complexity index is 1380. The molecule has 3 N–H and O–H groups in total. The molecule has 9 nitrogen and oxygen atoms in total. The van der Waals surface area contributed by atoms with Crippen molar-refractivity contribution in [2.24, 2.45) is 13.0 Å². The van der Waals surface area contributed by atoms with Crippen LogP contribution in [0.1, 0.15) is 66.4 Å². The summed E-state index contributed by atoms with van der Waals surface area (Å²) in [6.45, 7) is 10.5. The zero-order valence-corrected chi connectivity index (χ0v) is 23.5. The van der Waals surface area contributed by atoms with Crippen LogP contribution in [0, 0.1) is 19.8 Å². The number of carbonyl (C=O) groups is 3. The lowest BCUT2D eigenvalue weighted by atomic mass is 9.89. The summed E-state index contributed by atoms with van der Waals surface area (Å²) in [5.74, 6) is -0.0232. The highest BCUT2D eigenvalue weighted by molar-refractivity contribution is 5.99. The van der Waals surface area contributed by atoms with Gasteiger partial charge in [0.15, 0.2) is 0 Å². The number of urea groups is 1. The number of aryl methyl sites for hydroxylation is 3. The first-order chi connectivity index (χ1) is 18.3. The standard InChI is InChI=1S/C30H37N5O4/c1-18-13-22(28(37)38)14-19(2)27(18)35-17-21(9-12-26(35)36)15-20-7-10-23(11-8-20)31-29(39)32-25-16-24(30(3,4)5)33-34(25)6/h7-8,10-11,13-14,16,21H,9,12,15,17H2,1-6H3,(H,37,38)(H2,31,32,39). The number of nitrogens with one attached hydrogen (secondary N) is 2. The van der Waals surface area contributed by atoms with E-state index in [1.54, 1.807) is 23.9 Å². The van der Waals surface area contributed by atoms with E-state index >= 15 is 0 Å². The van der Waals surface area contributed by atoms with Crippen LogP contribution in [0.25, 0.3) is 0 Å². The molecule has 1 unspecified atom stereocenters. The lowest BCUT2D eigenvalue weighted by Crippen LogP contribution is -2.41. The van der Waals surface area contributed by atoms with Gasteiger partial charge in [-0.3, -0.25) is 14.8 Å². The first kappa shape index (κ1) is 27.9. The maximum Gasteiger partial charge on any atom is 0.335 e. The summed E-state index contributed by atoms with van der Waals surface area (Å²) in [5.41, 5.74) is 5.20. The van der Waals surface area contributed by atoms with Crippen molar-refractivity contribution in [3.05, 3.63) is 70.4 Å². The second-order valence-electron chi connectivity index (χ2n) is 11.4. The third-order valence-electron chi connectivity index (χ3n) is 7.14. The summed E-state index contributed by atoms with van der Waals surface area (Å²) in [6, 6.07) is 12.5. The van der Waals surface area contributed by atoms with Gasteiger partial charge in [0.05, 0.1) is 11.3 Å². The molecule has 2 heterocycles. The molecule has 3 aromatic rings. The number of carbonyl (C=O) groups excluding carboxylic acids is 2. The zero-order valence-electron chi connectivity index (χ0n) is 23.5. The summed E-state index contributed by atoms with van der Waals surface area (Å²) in [4.78, 5) is 38.6. The summed E-state index contributed by atoms with van der Waals surface area (Å²) in [5, 5.41) is 19.6. The number of amides is 3. The van der Waals surface area contributed by atoms with E-state index in [0.29, 0.717) is 24.5 Å². The van der Waals surface area contributed by atoms with Gasteiger partial charge in [-0.05, 0) is 73.6 Å². The normalized spacial score (nSPS) is 15.8. The Kier molecular flexibility index (Phi) is 7.81. The molecule has 3 amide bonds. The molecule has 9 heteroatoms. The van der Waals surface area contributed by atoms with Gasteiger partial charge in [-0.15, -0.1) is 0 Å². The van der Waals surface area contributed by atoms with E-state index < -0.39 is 5.97 Å². The van der Waals surface area contributed by atoms with Gasteiger partial charge >= 0.3 is 12.0 Å². The Morgan fingerprint density at radius 1 is 1.05 bits per heavy atom. The molecular formula is C30H37N5O4. The van der Waals surface area contributed by atoms with E-state index in [1.165, 1.54) is 0 Å². The van der Waals surface area contributed by atoms with E-state index in [9.17, 15) is 19.5 Å². The molecule has 39 heavy (non-hydrogen) atoms. The number of aromatic nitrogens is 2. The third kappa shape index (κ3) is 6.47. The molecule has 1 aromatic heterocycles. The SMILES string of the molecule is Cc1cc(C(=O)O)cc(C)c1N1CC(Cc2ccc(NC(=O)Nc3cc(C(C)(C)C)nn3C)cc2)CCC1=O. The molecule has 0 aliphatic carbocycles. The number of benzene rings is 2. The van der Waals surface area contributed by atoms with Crippen molar-refractivity contribution in [3.63, 3.8) is 0 Å². The van der Waals surface area contributed by atoms with Crippen LogP contribution in [0.2, 0.25) is 0 Å². The molecule has 0 saturated carbocycles. The number of nitrogens with zero attached hydrogens (tertiary/aromatic N) is 3. The maximum absolute atomic E-state index is 12.8. The minimum atomic E-state index is -0.974. The molecule has 0 bridgehead atoms. The van der Waals surface area contributed by atoms with Crippen molar-refractivity contribution in [3.8, 4) is 0 Å². The van der Waals surface area contributed by atoms with Crippen LogP contribution in [-0.2, 0) is 23.7 Å². The Hall–Kier alpha value is -4.14. The van der Waals surface area contributed by atoms with Gasteiger partial charge in [-0.2, -0.15) is 5.10 Å². The van der Waals surface area contributed by atoms with Gasteiger partial charge in [-0.1, -0.05) is 32.9 Å². The summed E-state index contributed by atoms with van der Waals surface area (Å²) >= 11 is 0. The minimum Gasteiger partial charge on any atom is -0.478 e. The molecule has 0 spiro atoms. The van der Waals surface area contributed by atoms with Gasteiger partial charge in [0.25, 0.3) is 0 Å². The van der Waals surface area contributed by atoms with E-state index in [-0.39, 0.29) is 28.8 Å². The van der Waals surface area contributed by atoms with Crippen LogP contribution in [-0.4, -0.2) is 39.3 Å². The van der Waals surface area contributed by atoms with Crippen molar-refractivity contribution in [1.29, 1.82) is 0 Å². The molecule has 1 aliphatic heterocycles. The molecule has 0 radical (unpaired) electrons. The molecule has 206 valence electrons. The van der Waals surface area contributed by atoms with Crippen molar-refractivity contribution in [1.82, 2.24) is 9.78 Å². The predicted octanol–water partition coefficient (Wildman–Crippen LogP) is 5.66. The van der Waals surface area contributed by atoms with Crippen molar-refractivity contribution >= 4 is 35.1 Å². The van der Waals surface area contributed by atoms with E-state index in [2.05, 4.69) is 36.5 Å². The number of hydrogen-bond donors (Lipinski definition) is 3. The maximum atomic E-state index is 12.8. The van der Waals surface area contributed by atoms with Gasteiger partial charge in [0, 0.05) is 42.9 Å². The number of piperidine rings is 1. The summed E-state index contributed by atoms with van der Waals surface area (Å²) in [6.07, 6.45) is 2.05. The fraction of sp³-hybridized carbons (Fsp3) is 0.400. The molecule has 1 aliphatic rings. The molecule has 4 rings (SSSR count). The number of rotatable bonds is 6. The second-order valence-corrected chi connectivity index (χ2v) is 11.4. The smallest absolute Gasteiger partial charge is 0.335 e. The first-order valence-electron chi connectivity index (χ1n) is 13.2. The average Bonchev–Trinajstić information content (AvgIpc) is 3.22. The molecular weight excluding hydrogens is 494 g/mol.